The molecule has 0 aliphatic carbocycles. The minimum Gasteiger partial charge on any atom is -0.481 e. The molecule has 1 aromatic heterocycles. The van der Waals surface area contributed by atoms with Gasteiger partial charge in [-0.15, -0.1) is 0 Å². The summed E-state index contributed by atoms with van der Waals surface area (Å²) >= 11 is 0. The standard InChI is InChI=1S/C15H22N2O4/c1-11(13-5-3-7-21-13)16-14(18)10-17-6-2-4-12(9-17)8-15(19)20/h3,5,7,11-12H,2,4,6,8-10H2,1H3,(H,16,18)(H,19,20). The van der Waals surface area contributed by atoms with Crippen LogP contribution in [0.3, 0.4) is 0 Å². The molecule has 2 rings (SSSR count). The van der Waals surface area contributed by atoms with Crippen molar-refractivity contribution in [3.05, 3.63) is 24.2 Å². The van der Waals surface area contributed by atoms with Crippen molar-refractivity contribution in [3.8, 4) is 0 Å². The lowest BCUT2D eigenvalue weighted by atomic mass is 9.95. The summed E-state index contributed by atoms with van der Waals surface area (Å²) in [6, 6.07) is 3.46. The van der Waals surface area contributed by atoms with Crippen LogP contribution in [0.2, 0.25) is 0 Å². The summed E-state index contributed by atoms with van der Waals surface area (Å²) in [6.45, 7) is 3.70. The maximum atomic E-state index is 12.0. The highest BCUT2D eigenvalue weighted by atomic mass is 16.4. The third-order valence-electron chi connectivity index (χ3n) is 3.78. The van der Waals surface area contributed by atoms with Crippen molar-refractivity contribution >= 4 is 11.9 Å². The Labute approximate surface area is 124 Å². The molecule has 1 fully saturated rings. The highest BCUT2D eigenvalue weighted by Crippen LogP contribution is 2.19. The molecule has 1 amide bonds. The Morgan fingerprint density at radius 3 is 3.05 bits per heavy atom. The van der Waals surface area contributed by atoms with E-state index in [0.29, 0.717) is 13.1 Å². The van der Waals surface area contributed by atoms with Gasteiger partial charge in [0.2, 0.25) is 5.91 Å². The zero-order chi connectivity index (χ0) is 15.2. The molecule has 1 saturated heterocycles. The Balaban J connectivity index is 1.78. The first kappa shape index (κ1) is 15.6. The van der Waals surface area contributed by atoms with Crippen LogP contribution in [0.1, 0.15) is 38.0 Å². The zero-order valence-corrected chi connectivity index (χ0v) is 12.2. The number of nitrogens with one attached hydrogen (secondary N) is 1. The van der Waals surface area contributed by atoms with Gasteiger partial charge in [0.15, 0.2) is 0 Å². The maximum Gasteiger partial charge on any atom is 0.303 e. The van der Waals surface area contributed by atoms with Gasteiger partial charge in [-0.3, -0.25) is 14.5 Å². The first-order chi connectivity index (χ1) is 10.0. The molecule has 1 aliphatic rings. The monoisotopic (exact) mass is 294 g/mol. The molecule has 1 aromatic rings. The van der Waals surface area contributed by atoms with E-state index in [4.69, 9.17) is 9.52 Å². The van der Waals surface area contributed by atoms with Crippen LogP contribution in [0.5, 0.6) is 0 Å². The van der Waals surface area contributed by atoms with Gasteiger partial charge in [0.05, 0.1) is 18.8 Å². The topological polar surface area (TPSA) is 82.8 Å². The summed E-state index contributed by atoms with van der Waals surface area (Å²) in [4.78, 5) is 24.8. The molecule has 2 N–H and O–H groups in total. The minimum absolute atomic E-state index is 0.0603. The van der Waals surface area contributed by atoms with Crippen molar-refractivity contribution in [2.45, 2.75) is 32.2 Å². The maximum absolute atomic E-state index is 12.0. The van der Waals surface area contributed by atoms with Crippen LogP contribution in [0.15, 0.2) is 22.8 Å². The molecule has 2 unspecified atom stereocenters. The van der Waals surface area contributed by atoms with Gasteiger partial charge in [0.1, 0.15) is 5.76 Å². The van der Waals surface area contributed by atoms with Gasteiger partial charge in [0.25, 0.3) is 0 Å². The average Bonchev–Trinajstić information content (AvgIpc) is 2.91. The van der Waals surface area contributed by atoms with Crippen LogP contribution in [0.4, 0.5) is 0 Å². The van der Waals surface area contributed by atoms with Crippen LogP contribution in [-0.2, 0) is 9.59 Å². The van der Waals surface area contributed by atoms with Crippen LogP contribution in [0, 0.1) is 5.92 Å². The van der Waals surface area contributed by atoms with Crippen LogP contribution >= 0.6 is 0 Å². The van der Waals surface area contributed by atoms with Crippen molar-refractivity contribution in [1.29, 1.82) is 0 Å². The van der Waals surface area contributed by atoms with Crippen molar-refractivity contribution in [2.75, 3.05) is 19.6 Å². The summed E-state index contributed by atoms with van der Waals surface area (Å²) in [5.41, 5.74) is 0. The van der Waals surface area contributed by atoms with Crippen molar-refractivity contribution < 1.29 is 19.1 Å². The molecule has 1 aliphatic heterocycles. The Hall–Kier alpha value is -1.82. The van der Waals surface area contributed by atoms with Crippen molar-refractivity contribution in [2.24, 2.45) is 5.92 Å². The highest BCUT2D eigenvalue weighted by Gasteiger charge is 2.24. The van der Waals surface area contributed by atoms with Crippen molar-refractivity contribution in [3.63, 3.8) is 0 Å². The number of aliphatic carboxylic acids is 1. The number of carbonyl (C=O) groups excluding carboxylic acids is 1. The van der Waals surface area contributed by atoms with Gasteiger partial charge in [0, 0.05) is 13.0 Å². The Morgan fingerprint density at radius 1 is 1.57 bits per heavy atom. The van der Waals surface area contributed by atoms with E-state index >= 15 is 0 Å². The van der Waals surface area contributed by atoms with Gasteiger partial charge >= 0.3 is 5.97 Å². The molecule has 0 spiro atoms. The predicted molar refractivity (Wildman–Crippen MR) is 76.7 cm³/mol. The molecular weight excluding hydrogens is 272 g/mol. The van der Waals surface area contributed by atoms with Gasteiger partial charge in [-0.2, -0.15) is 0 Å². The Morgan fingerprint density at radius 2 is 2.38 bits per heavy atom. The number of nitrogens with zero attached hydrogens (tertiary/aromatic N) is 1. The molecule has 0 saturated carbocycles. The number of carbonyl (C=O) groups is 2. The van der Waals surface area contributed by atoms with Crippen LogP contribution in [0.25, 0.3) is 0 Å². The second-order valence-electron chi connectivity index (χ2n) is 5.65. The molecular formula is C15H22N2O4. The number of hydrogen-bond acceptors (Lipinski definition) is 4. The quantitative estimate of drug-likeness (QED) is 0.833. The number of amides is 1. The molecule has 0 radical (unpaired) electrons. The smallest absolute Gasteiger partial charge is 0.303 e. The normalized spacial score (nSPS) is 20.9. The molecule has 6 nitrogen and oxygen atoms in total. The second kappa shape index (κ2) is 7.26. The number of rotatable bonds is 6. The highest BCUT2D eigenvalue weighted by molar-refractivity contribution is 5.78. The Kier molecular flexibility index (Phi) is 5.38. The molecule has 116 valence electrons. The van der Waals surface area contributed by atoms with E-state index in [1.807, 2.05) is 17.9 Å². The molecule has 21 heavy (non-hydrogen) atoms. The number of piperidine rings is 1. The van der Waals surface area contributed by atoms with Crippen molar-refractivity contribution in [1.82, 2.24) is 10.2 Å². The average molecular weight is 294 g/mol. The largest absolute Gasteiger partial charge is 0.481 e. The van der Waals surface area contributed by atoms with E-state index in [1.54, 1.807) is 12.3 Å². The summed E-state index contributed by atoms with van der Waals surface area (Å²) in [7, 11) is 0. The van der Waals surface area contributed by atoms with E-state index in [-0.39, 0.29) is 24.3 Å². The molecule has 0 bridgehead atoms. The van der Waals surface area contributed by atoms with Crippen LogP contribution in [-0.4, -0.2) is 41.5 Å². The third kappa shape index (κ3) is 4.90. The lowest BCUT2D eigenvalue weighted by Crippen LogP contribution is -2.43. The van der Waals surface area contributed by atoms with E-state index in [0.717, 1.165) is 25.1 Å². The number of carboxylic acids is 1. The fourth-order valence-electron chi connectivity index (χ4n) is 2.81. The Bertz CT molecular complexity index is 472. The molecule has 2 atom stereocenters. The lowest BCUT2D eigenvalue weighted by Gasteiger charge is -2.31. The third-order valence-corrected chi connectivity index (χ3v) is 3.78. The van der Waals surface area contributed by atoms with Crippen LogP contribution < -0.4 is 5.32 Å². The van der Waals surface area contributed by atoms with Gasteiger partial charge in [-0.05, 0) is 44.4 Å². The van der Waals surface area contributed by atoms with Gasteiger partial charge in [-0.25, -0.2) is 0 Å². The van der Waals surface area contributed by atoms with E-state index in [9.17, 15) is 9.59 Å². The van der Waals surface area contributed by atoms with Gasteiger partial charge in [-0.1, -0.05) is 0 Å². The predicted octanol–water partition coefficient (Wildman–Crippen LogP) is 1.64. The summed E-state index contributed by atoms with van der Waals surface area (Å²) in [5.74, 6) is 0.0462. The minimum atomic E-state index is -0.766. The summed E-state index contributed by atoms with van der Waals surface area (Å²) in [6.07, 6.45) is 3.63. The zero-order valence-electron chi connectivity index (χ0n) is 12.2. The van der Waals surface area contributed by atoms with Gasteiger partial charge < -0.3 is 14.8 Å². The number of furan rings is 1. The fourth-order valence-corrected chi connectivity index (χ4v) is 2.81. The molecule has 6 heteroatoms. The fraction of sp³-hybridized carbons (Fsp3) is 0.600. The lowest BCUT2D eigenvalue weighted by molar-refractivity contribution is -0.138. The first-order valence-corrected chi connectivity index (χ1v) is 7.31. The number of carboxylic acid groups (broad SMARTS) is 1. The summed E-state index contributed by atoms with van der Waals surface area (Å²) < 4.78 is 5.25. The number of hydrogen-bond donors (Lipinski definition) is 2. The molecule has 0 aromatic carbocycles. The molecule has 2 heterocycles. The van der Waals surface area contributed by atoms with E-state index in [2.05, 4.69) is 5.32 Å². The summed E-state index contributed by atoms with van der Waals surface area (Å²) in [5, 5.41) is 11.7. The second-order valence-corrected chi connectivity index (χ2v) is 5.65. The SMILES string of the molecule is CC(NC(=O)CN1CCCC(CC(=O)O)C1)c1ccco1. The number of likely N-dealkylation sites (tertiary alicyclic amines) is 1. The first-order valence-electron chi connectivity index (χ1n) is 7.31. The van der Waals surface area contributed by atoms with E-state index < -0.39 is 5.97 Å². The van der Waals surface area contributed by atoms with E-state index in [1.165, 1.54) is 0 Å².